The molecule has 98 valence electrons. The van der Waals surface area contributed by atoms with Gasteiger partial charge in [-0.25, -0.2) is 8.78 Å². The Kier molecular flexibility index (Phi) is 3.90. The molecule has 0 radical (unpaired) electrons. The zero-order valence-electron chi connectivity index (χ0n) is 10.0. The van der Waals surface area contributed by atoms with Gasteiger partial charge in [0.1, 0.15) is 11.6 Å². The van der Waals surface area contributed by atoms with Gasteiger partial charge < -0.3 is 5.11 Å². The Balaban J connectivity index is 2.45. The minimum absolute atomic E-state index is 0.215. The molecule has 0 aromatic heterocycles. The van der Waals surface area contributed by atoms with E-state index in [0.29, 0.717) is 5.56 Å². The second-order valence-corrected chi connectivity index (χ2v) is 4.26. The van der Waals surface area contributed by atoms with Crippen molar-refractivity contribution in [1.82, 2.24) is 0 Å². The Labute approximate surface area is 109 Å². The molecule has 2 nitrogen and oxygen atoms in total. The summed E-state index contributed by atoms with van der Waals surface area (Å²) in [4.78, 5) is 10.9. The molecule has 0 saturated heterocycles. The van der Waals surface area contributed by atoms with Gasteiger partial charge in [0.25, 0.3) is 0 Å². The standard InChI is InChI=1S/C15H12F2O2/c16-12-6-11(7-13(17)8-12)14(9-15(18)19)10-4-2-1-3-5-10/h1-8,14H,9H2,(H,18,19)/t14-/m1/s1. The highest BCUT2D eigenvalue weighted by molar-refractivity contribution is 5.69. The van der Waals surface area contributed by atoms with Gasteiger partial charge in [0, 0.05) is 12.0 Å². The summed E-state index contributed by atoms with van der Waals surface area (Å²) in [5, 5.41) is 8.96. The minimum Gasteiger partial charge on any atom is -0.481 e. The fourth-order valence-corrected chi connectivity index (χ4v) is 2.06. The lowest BCUT2D eigenvalue weighted by Crippen LogP contribution is -2.08. The molecular weight excluding hydrogens is 250 g/mol. The van der Waals surface area contributed by atoms with E-state index in [9.17, 15) is 13.6 Å². The van der Waals surface area contributed by atoms with E-state index >= 15 is 0 Å². The van der Waals surface area contributed by atoms with Gasteiger partial charge in [-0.2, -0.15) is 0 Å². The smallest absolute Gasteiger partial charge is 0.304 e. The number of aliphatic carboxylic acids is 1. The molecule has 1 atom stereocenters. The molecule has 2 aromatic carbocycles. The van der Waals surface area contributed by atoms with E-state index in [0.717, 1.165) is 11.6 Å². The van der Waals surface area contributed by atoms with Crippen LogP contribution >= 0.6 is 0 Å². The average Bonchev–Trinajstić information content (AvgIpc) is 2.35. The fraction of sp³-hybridized carbons (Fsp3) is 0.133. The summed E-state index contributed by atoms with van der Waals surface area (Å²) in [6.07, 6.45) is -0.215. The molecule has 0 aliphatic rings. The summed E-state index contributed by atoms with van der Waals surface area (Å²) in [6.45, 7) is 0. The first kappa shape index (κ1) is 13.2. The van der Waals surface area contributed by atoms with E-state index in [1.165, 1.54) is 12.1 Å². The number of carboxylic acid groups (broad SMARTS) is 1. The highest BCUT2D eigenvalue weighted by atomic mass is 19.1. The van der Waals surface area contributed by atoms with E-state index in [4.69, 9.17) is 5.11 Å². The molecule has 2 aromatic rings. The van der Waals surface area contributed by atoms with E-state index in [2.05, 4.69) is 0 Å². The van der Waals surface area contributed by atoms with Crippen LogP contribution in [0.1, 0.15) is 23.5 Å². The number of benzene rings is 2. The van der Waals surface area contributed by atoms with Crippen molar-refractivity contribution in [3.8, 4) is 0 Å². The number of carbonyl (C=O) groups is 1. The number of rotatable bonds is 4. The molecule has 2 rings (SSSR count). The maximum absolute atomic E-state index is 13.3. The second-order valence-electron chi connectivity index (χ2n) is 4.26. The highest BCUT2D eigenvalue weighted by Crippen LogP contribution is 2.29. The molecule has 0 amide bonds. The molecule has 0 fully saturated rings. The van der Waals surface area contributed by atoms with Gasteiger partial charge in [0.05, 0.1) is 6.42 Å². The molecule has 1 N–H and O–H groups in total. The lowest BCUT2D eigenvalue weighted by molar-refractivity contribution is -0.137. The molecule has 0 aliphatic heterocycles. The first-order valence-electron chi connectivity index (χ1n) is 5.79. The van der Waals surface area contributed by atoms with Crippen molar-refractivity contribution in [1.29, 1.82) is 0 Å². The Morgan fingerprint density at radius 1 is 1.00 bits per heavy atom. The summed E-state index contributed by atoms with van der Waals surface area (Å²) in [7, 11) is 0. The highest BCUT2D eigenvalue weighted by Gasteiger charge is 2.19. The van der Waals surface area contributed by atoms with Crippen molar-refractivity contribution in [2.45, 2.75) is 12.3 Å². The van der Waals surface area contributed by atoms with Crippen LogP contribution in [0.3, 0.4) is 0 Å². The van der Waals surface area contributed by atoms with E-state index in [1.807, 2.05) is 0 Å². The van der Waals surface area contributed by atoms with Gasteiger partial charge in [-0.1, -0.05) is 30.3 Å². The van der Waals surface area contributed by atoms with Crippen molar-refractivity contribution in [3.05, 3.63) is 71.3 Å². The SMILES string of the molecule is O=C(O)C[C@H](c1ccccc1)c1cc(F)cc(F)c1. The molecule has 0 spiro atoms. The molecule has 4 heteroatoms. The quantitative estimate of drug-likeness (QED) is 0.914. The first-order chi connectivity index (χ1) is 9.06. The van der Waals surface area contributed by atoms with Crippen LogP contribution < -0.4 is 0 Å². The van der Waals surface area contributed by atoms with Gasteiger partial charge in [-0.3, -0.25) is 4.79 Å². The van der Waals surface area contributed by atoms with Crippen molar-refractivity contribution in [2.24, 2.45) is 0 Å². The van der Waals surface area contributed by atoms with Crippen LogP contribution in [0, 0.1) is 11.6 Å². The molecule has 0 saturated carbocycles. The third-order valence-electron chi connectivity index (χ3n) is 2.87. The van der Waals surface area contributed by atoms with Crippen molar-refractivity contribution in [3.63, 3.8) is 0 Å². The van der Waals surface area contributed by atoms with Crippen LogP contribution in [0.4, 0.5) is 8.78 Å². The summed E-state index contributed by atoms with van der Waals surface area (Å²) >= 11 is 0. The Morgan fingerprint density at radius 3 is 2.11 bits per heavy atom. The van der Waals surface area contributed by atoms with Crippen LogP contribution in [0.25, 0.3) is 0 Å². The minimum atomic E-state index is -1.02. The molecular formula is C15H12F2O2. The van der Waals surface area contributed by atoms with Crippen LogP contribution in [0.15, 0.2) is 48.5 Å². The summed E-state index contributed by atoms with van der Waals surface area (Å²) in [5.41, 5.74) is 1.04. The zero-order chi connectivity index (χ0) is 13.8. The van der Waals surface area contributed by atoms with Crippen LogP contribution in [-0.2, 0) is 4.79 Å². The monoisotopic (exact) mass is 262 g/mol. The van der Waals surface area contributed by atoms with Gasteiger partial charge in [-0.05, 0) is 23.3 Å². The van der Waals surface area contributed by atoms with Crippen LogP contribution in [-0.4, -0.2) is 11.1 Å². The predicted molar refractivity (Wildman–Crippen MR) is 66.9 cm³/mol. The van der Waals surface area contributed by atoms with Crippen molar-refractivity contribution in [2.75, 3.05) is 0 Å². The molecule has 19 heavy (non-hydrogen) atoms. The third kappa shape index (κ3) is 3.37. The van der Waals surface area contributed by atoms with Crippen LogP contribution in [0.2, 0.25) is 0 Å². The lowest BCUT2D eigenvalue weighted by Gasteiger charge is -2.16. The first-order valence-corrected chi connectivity index (χ1v) is 5.79. The predicted octanol–water partition coefficient (Wildman–Crippen LogP) is 3.57. The van der Waals surface area contributed by atoms with Gasteiger partial charge in [0.15, 0.2) is 0 Å². The number of halogens is 2. The third-order valence-corrected chi connectivity index (χ3v) is 2.87. The van der Waals surface area contributed by atoms with E-state index < -0.39 is 23.5 Å². The molecule has 0 bridgehead atoms. The number of hydrogen-bond donors (Lipinski definition) is 1. The zero-order valence-corrected chi connectivity index (χ0v) is 10.0. The number of carboxylic acids is 1. The summed E-state index contributed by atoms with van der Waals surface area (Å²) < 4.78 is 26.5. The van der Waals surface area contributed by atoms with Gasteiger partial charge in [-0.15, -0.1) is 0 Å². The normalized spacial score (nSPS) is 12.1. The fourth-order valence-electron chi connectivity index (χ4n) is 2.06. The maximum Gasteiger partial charge on any atom is 0.304 e. The maximum atomic E-state index is 13.3. The Bertz CT molecular complexity index is 562. The Hall–Kier alpha value is -2.23. The lowest BCUT2D eigenvalue weighted by atomic mass is 9.88. The summed E-state index contributed by atoms with van der Waals surface area (Å²) in [5.74, 6) is -3.00. The molecule has 0 aliphatic carbocycles. The largest absolute Gasteiger partial charge is 0.481 e. The second kappa shape index (κ2) is 5.61. The topological polar surface area (TPSA) is 37.3 Å². The van der Waals surface area contributed by atoms with E-state index in [-0.39, 0.29) is 6.42 Å². The van der Waals surface area contributed by atoms with Crippen molar-refractivity contribution >= 4 is 5.97 Å². The molecule has 0 heterocycles. The number of hydrogen-bond acceptors (Lipinski definition) is 1. The van der Waals surface area contributed by atoms with Gasteiger partial charge >= 0.3 is 5.97 Å². The van der Waals surface area contributed by atoms with Crippen LogP contribution in [0.5, 0.6) is 0 Å². The Morgan fingerprint density at radius 2 is 1.58 bits per heavy atom. The molecule has 0 unspecified atom stereocenters. The summed E-state index contributed by atoms with van der Waals surface area (Å²) in [6, 6.07) is 11.9. The van der Waals surface area contributed by atoms with E-state index in [1.54, 1.807) is 30.3 Å². The van der Waals surface area contributed by atoms with Gasteiger partial charge in [0.2, 0.25) is 0 Å². The average molecular weight is 262 g/mol. The van der Waals surface area contributed by atoms with Crippen molar-refractivity contribution < 1.29 is 18.7 Å².